The van der Waals surface area contributed by atoms with Gasteiger partial charge in [0.05, 0.1) is 68.5 Å². The second kappa shape index (κ2) is 27.4. The van der Waals surface area contributed by atoms with Crippen molar-refractivity contribution in [3.8, 4) is 12.3 Å². The number of hydrogen-bond donors (Lipinski definition) is 0. The summed E-state index contributed by atoms with van der Waals surface area (Å²) in [5.74, 6) is -0.224. The Morgan fingerprint density at radius 2 is 1.03 bits per heavy atom. The van der Waals surface area contributed by atoms with Crippen LogP contribution < -0.4 is 0 Å². The summed E-state index contributed by atoms with van der Waals surface area (Å²) in [6, 6.07) is 17.7. The molecule has 0 bridgehead atoms. The molecule has 0 amide bonds. The van der Waals surface area contributed by atoms with Crippen LogP contribution in [0.1, 0.15) is 86.3 Å². The van der Waals surface area contributed by atoms with Crippen molar-refractivity contribution in [2.75, 3.05) is 19.8 Å². The second-order valence-corrected chi connectivity index (χ2v) is 19.3. The number of ether oxygens (including phenoxy) is 12. The van der Waals surface area contributed by atoms with Gasteiger partial charge in [0.1, 0.15) is 31.5 Å². The summed E-state index contributed by atoms with van der Waals surface area (Å²) in [6.07, 6.45) is -3.64. The SMILES string of the molecule is C#CCCCO[C@@H]1OC(C)[C@H](O[C@@H]2OC(COC(C)=O)[C@H](O[C@@H]3OC(C)[C@H](O[C@@H]4OC(COC(C)=O)[C@H](C)[C@H](C)C4N=[N+]=[N-])[C@@H](OCc4ccccc4)C3C)[C@H](C)C2N=[N+]=[N-])[C@@H](OCc2ccccc2)C1C. The molecule has 4 saturated heterocycles. The van der Waals surface area contributed by atoms with Crippen molar-refractivity contribution >= 4 is 11.9 Å². The van der Waals surface area contributed by atoms with Crippen LogP contribution in [0.25, 0.3) is 20.9 Å². The van der Waals surface area contributed by atoms with Gasteiger partial charge in [-0.15, -0.1) is 12.3 Å². The number of carbonyl (C=O) groups excluding carboxylic acids is 2. The Morgan fingerprint density at radius 3 is 1.53 bits per heavy atom. The van der Waals surface area contributed by atoms with Gasteiger partial charge in [-0.2, -0.15) is 0 Å². The van der Waals surface area contributed by atoms with E-state index in [2.05, 4.69) is 26.0 Å². The third-order valence-electron chi connectivity index (χ3n) is 14.2. The van der Waals surface area contributed by atoms with E-state index in [0.717, 1.165) is 11.1 Å². The largest absolute Gasteiger partial charge is 0.463 e. The zero-order chi connectivity index (χ0) is 51.9. The minimum Gasteiger partial charge on any atom is -0.463 e. The van der Waals surface area contributed by atoms with Crippen molar-refractivity contribution in [3.05, 3.63) is 92.7 Å². The van der Waals surface area contributed by atoms with Crippen LogP contribution in [0.15, 0.2) is 70.9 Å². The summed E-state index contributed by atoms with van der Waals surface area (Å²) in [7, 11) is 0. The highest BCUT2D eigenvalue weighted by molar-refractivity contribution is 5.66. The molecule has 4 aliphatic heterocycles. The highest BCUT2D eigenvalue weighted by Crippen LogP contribution is 2.42. The molecule has 4 heterocycles. The average molecular weight is 1010 g/mol. The quantitative estimate of drug-likeness (QED) is 0.0269. The highest BCUT2D eigenvalue weighted by Gasteiger charge is 2.54. The Labute approximate surface area is 422 Å². The van der Waals surface area contributed by atoms with E-state index in [9.17, 15) is 20.7 Å². The lowest BCUT2D eigenvalue weighted by atomic mass is 9.82. The monoisotopic (exact) mass is 1000 g/mol. The molecule has 20 heteroatoms. The van der Waals surface area contributed by atoms with Crippen molar-refractivity contribution in [2.24, 2.45) is 39.8 Å². The molecule has 2 aromatic carbocycles. The molecule has 0 N–H and O–H groups in total. The number of terminal acetylenes is 1. The first-order chi connectivity index (χ1) is 34.6. The Kier molecular flexibility index (Phi) is 21.5. The van der Waals surface area contributed by atoms with Gasteiger partial charge in [0.15, 0.2) is 25.2 Å². The fraction of sp³-hybridized carbons (Fsp3) is 0.692. The lowest BCUT2D eigenvalue weighted by Crippen LogP contribution is -2.63. The summed E-state index contributed by atoms with van der Waals surface area (Å²) in [5.41, 5.74) is 21.6. The van der Waals surface area contributed by atoms with E-state index >= 15 is 0 Å². The third kappa shape index (κ3) is 14.7. The molecule has 0 aromatic heterocycles. The van der Waals surface area contributed by atoms with Crippen molar-refractivity contribution in [3.63, 3.8) is 0 Å². The van der Waals surface area contributed by atoms with Gasteiger partial charge < -0.3 is 56.8 Å². The number of esters is 2. The van der Waals surface area contributed by atoms with Gasteiger partial charge in [0.25, 0.3) is 0 Å². The van der Waals surface area contributed by atoms with Crippen LogP contribution in [0, 0.1) is 41.9 Å². The van der Waals surface area contributed by atoms with Gasteiger partial charge in [0, 0.05) is 41.9 Å². The Bertz CT molecular complexity index is 2160. The van der Waals surface area contributed by atoms with E-state index in [0.29, 0.717) is 19.4 Å². The van der Waals surface area contributed by atoms with Gasteiger partial charge in [0.2, 0.25) is 0 Å². The molecule has 0 saturated carbocycles. The number of unbranched alkanes of at least 4 members (excludes halogenated alkanes) is 1. The molecule has 0 radical (unpaired) electrons. The molecule has 72 heavy (non-hydrogen) atoms. The molecule has 20 nitrogen and oxygen atoms in total. The van der Waals surface area contributed by atoms with Gasteiger partial charge in [-0.1, -0.05) is 106 Å². The molecule has 394 valence electrons. The zero-order valence-corrected chi connectivity index (χ0v) is 42.7. The van der Waals surface area contributed by atoms with Gasteiger partial charge in [-0.05, 0) is 60.2 Å². The molecule has 4 fully saturated rings. The molecule has 8 unspecified atom stereocenters. The summed E-state index contributed by atoms with van der Waals surface area (Å²) in [6.45, 7) is 16.5. The molecule has 6 rings (SSSR count). The molecule has 2 aromatic rings. The van der Waals surface area contributed by atoms with Crippen LogP contribution in [0.4, 0.5) is 0 Å². The third-order valence-corrected chi connectivity index (χ3v) is 14.2. The van der Waals surface area contributed by atoms with Crippen LogP contribution >= 0.6 is 0 Å². The zero-order valence-electron chi connectivity index (χ0n) is 42.7. The smallest absolute Gasteiger partial charge is 0.302 e. The maximum atomic E-state index is 12.4. The average Bonchev–Trinajstić information content (AvgIpc) is 3.36. The molecule has 20 atom stereocenters. The Balaban J connectivity index is 1.26. The standard InChI is InChI=1S/C52H72N6O14/c1-11-12-19-24-61-49-32(5)45(64-25-38-20-15-13-16-21-38)47(34(7)66-49)72-52-43(56-58-54)31(4)44(41(69-52)28-63-37(10)60)70-50-33(6)46(65-26-39-22-17-14-18-23-39)48(35(8)67-50)71-51-42(55-57-53)30(3)29(2)40(68-51)27-62-36(9)59/h1,13-18,20-23,29-35,40-52H,12,19,24-28H2,2-10H3/t29-,30+,31-,32?,33?,34?,35?,40?,41?,42?,43?,44-,45+,46+,47+,48+,49-,50+,51+,52+/m1/s1. The van der Waals surface area contributed by atoms with Crippen LogP contribution in [0.5, 0.6) is 0 Å². The van der Waals surface area contributed by atoms with Gasteiger partial charge >= 0.3 is 11.9 Å². The van der Waals surface area contributed by atoms with Crippen LogP contribution in [-0.2, 0) is 79.6 Å². The lowest BCUT2D eigenvalue weighted by Gasteiger charge is -2.51. The van der Waals surface area contributed by atoms with Crippen molar-refractivity contribution in [2.45, 2.75) is 181 Å². The Hall–Kier alpha value is -4.84. The molecule has 4 aliphatic rings. The van der Waals surface area contributed by atoms with E-state index in [1.165, 1.54) is 13.8 Å². The second-order valence-electron chi connectivity index (χ2n) is 19.3. The van der Waals surface area contributed by atoms with E-state index < -0.39 is 116 Å². The van der Waals surface area contributed by atoms with Crippen molar-refractivity contribution in [1.82, 2.24) is 0 Å². The van der Waals surface area contributed by atoms with Crippen molar-refractivity contribution in [1.29, 1.82) is 0 Å². The lowest BCUT2D eigenvalue weighted by molar-refractivity contribution is -0.362. The Morgan fingerprint density at radius 1 is 0.569 bits per heavy atom. The minimum absolute atomic E-state index is 0.0155. The maximum Gasteiger partial charge on any atom is 0.302 e. The fourth-order valence-corrected chi connectivity index (χ4v) is 9.84. The summed E-state index contributed by atoms with van der Waals surface area (Å²) < 4.78 is 77.4. The molecular weight excluding hydrogens is 933 g/mol. The first-order valence-electron chi connectivity index (χ1n) is 24.9. The van der Waals surface area contributed by atoms with Crippen LogP contribution in [0.2, 0.25) is 0 Å². The van der Waals surface area contributed by atoms with E-state index in [1.807, 2.05) is 109 Å². The number of carbonyl (C=O) groups is 2. The number of hydrogen-bond acceptors (Lipinski definition) is 16. The number of benzene rings is 2. The summed E-state index contributed by atoms with van der Waals surface area (Å²) in [4.78, 5) is 30.6. The first-order valence-corrected chi connectivity index (χ1v) is 24.9. The number of azide groups is 2. The van der Waals surface area contributed by atoms with E-state index in [1.54, 1.807) is 0 Å². The van der Waals surface area contributed by atoms with Crippen LogP contribution in [-0.4, -0.2) is 124 Å². The van der Waals surface area contributed by atoms with E-state index in [4.69, 9.17) is 63.3 Å². The molecule has 0 aliphatic carbocycles. The predicted molar refractivity (Wildman–Crippen MR) is 260 cm³/mol. The van der Waals surface area contributed by atoms with Gasteiger partial charge in [-0.3, -0.25) is 9.59 Å². The normalized spacial score (nSPS) is 36.7. The highest BCUT2D eigenvalue weighted by atomic mass is 16.8. The fourth-order valence-electron chi connectivity index (χ4n) is 9.84. The number of nitrogens with zero attached hydrogens (tertiary/aromatic N) is 6. The van der Waals surface area contributed by atoms with Crippen molar-refractivity contribution < 1.29 is 66.4 Å². The summed E-state index contributed by atoms with van der Waals surface area (Å²) >= 11 is 0. The number of rotatable bonds is 22. The van der Waals surface area contributed by atoms with Gasteiger partial charge in [-0.25, -0.2) is 0 Å². The molecule has 0 spiro atoms. The van der Waals surface area contributed by atoms with E-state index in [-0.39, 0.29) is 44.2 Å². The molecular formula is C52H72N6O14. The maximum absolute atomic E-state index is 12.4. The van der Waals surface area contributed by atoms with Crippen LogP contribution in [0.3, 0.4) is 0 Å². The summed E-state index contributed by atoms with van der Waals surface area (Å²) in [5, 5.41) is 8.34. The topological polar surface area (TPSA) is 242 Å². The predicted octanol–water partition coefficient (Wildman–Crippen LogP) is 8.35. The minimum atomic E-state index is -1.17. The first kappa shape index (κ1) is 56.5.